The lowest BCUT2D eigenvalue weighted by molar-refractivity contribution is -0.123. The van der Waals surface area contributed by atoms with Crippen LogP contribution in [0, 0.1) is 0 Å². The van der Waals surface area contributed by atoms with E-state index in [-0.39, 0.29) is 12.5 Å². The van der Waals surface area contributed by atoms with Crippen LogP contribution in [0.4, 0.5) is 0 Å². The summed E-state index contributed by atoms with van der Waals surface area (Å²) in [5.74, 6) is 1.03. The fourth-order valence-corrected chi connectivity index (χ4v) is 2.61. The van der Waals surface area contributed by atoms with Gasteiger partial charge in [0.15, 0.2) is 6.61 Å². The summed E-state index contributed by atoms with van der Waals surface area (Å²) in [6, 6.07) is 15.9. The zero-order valence-electron chi connectivity index (χ0n) is 15.6. The summed E-state index contributed by atoms with van der Waals surface area (Å²) in [6.07, 6.45) is 3.20. The molecule has 27 heavy (non-hydrogen) atoms. The summed E-state index contributed by atoms with van der Waals surface area (Å²) >= 11 is 0. The fraction of sp³-hybridized carbons (Fsp3) is 0.286. The minimum absolute atomic E-state index is 0.00536. The van der Waals surface area contributed by atoms with E-state index < -0.39 is 0 Å². The van der Waals surface area contributed by atoms with Crippen molar-refractivity contribution >= 4 is 5.91 Å². The number of amides is 1. The molecule has 0 bridgehead atoms. The average molecular weight is 364 g/mol. The monoisotopic (exact) mass is 364 g/mol. The topological polar surface area (TPSA) is 69.0 Å². The highest BCUT2D eigenvalue weighted by molar-refractivity contribution is 5.77. The molecular formula is C21H24N4O2. The number of hydrogen-bond acceptors (Lipinski definition) is 4. The number of carbonyl (C=O) groups is 1. The van der Waals surface area contributed by atoms with Gasteiger partial charge in [-0.3, -0.25) is 4.79 Å². The molecule has 1 aromatic heterocycles. The number of nitrogens with one attached hydrogen (secondary N) is 1. The number of hydrogen-bond donors (Lipinski definition) is 1. The van der Waals surface area contributed by atoms with Crippen molar-refractivity contribution in [1.82, 2.24) is 20.1 Å². The SMILES string of the molecule is CC(C)c1ccc(OCC(=O)NCc2ccc(Cn3cncn3)cc2)cc1. The molecule has 0 aliphatic rings. The smallest absolute Gasteiger partial charge is 0.258 e. The summed E-state index contributed by atoms with van der Waals surface area (Å²) in [5, 5.41) is 6.96. The molecule has 2 aromatic carbocycles. The van der Waals surface area contributed by atoms with Gasteiger partial charge in [0.1, 0.15) is 18.4 Å². The van der Waals surface area contributed by atoms with Gasteiger partial charge in [-0.2, -0.15) is 5.10 Å². The second-order valence-electron chi connectivity index (χ2n) is 6.70. The summed E-state index contributed by atoms with van der Waals surface area (Å²) in [5.41, 5.74) is 3.41. The Morgan fingerprint density at radius 2 is 1.78 bits per heavy atom. The number of carbonyl (C=O) groups excluding carboxylic acids is 1. The number of aromatic nitrogens is 3. The zero-order valence-corrected chi connectivity index (χ0v) is 15.6. The van der Waals surface area contributed by atoms with Crippen molar-refractivity contribution in [3.63, 3.8) is 0 Å². The first-order valence-corrected chi connectivity index (χ1v) is 9.00. The van der Waals surface area contributed by atoms with Gasteiger partial charge in [-0.1, -0.05) is 50.2 Å². The molecule has 0 saturated carbocycles. The molecule has 0 radical (unpaired) electrons. The Kier molecular flexibility index (Phi) is 6.20. The Labute approximate surface area is 159 Å². The van der Waals surface area contributed by atoms with Crippen molar-refractivity contribution in [3.05, 3.63) is 77.9 Å². The molecule has 0 saturated heterocycles. The number of benzene rings is 2. The minimum atomic E-state index is -0.144. The van der Waals surface area contributed by atoms with Crippen LogP contribution in [0.15, 0.2) is 61.2 Å². The van der Waals surface area contributed by atoms with Crippen molar-refractivity contribution in [2.75, 3.05) is 6.61 Å². The molecular weight excluding hydrogens is 340 g/mol. The molecule has 0 aliphatic heterocycles. The number of ether oxygens (including phenoxy) is 1. The Morgan fingerprint density at radius 3 is 2.41 bits per heavy atom. The van der Waals surface area contributed by atoms with E-state index >= 15 is 0 Å². The first-order chi connectivity index (χ1) is 13.1. The molecule has 6 nitrogen and oxygen atoms in total. The average Bonchev–Trinajstić information content (AvgIpc) is 3.19. The van der Waals surface area contributed by atoms with E-state index in [2.05, 4.69) is 29.2 Å². The van der Waals surface area contributed by atoms with Crippen molar-refractivity contribution in [2.45, 2.75) is 32.9 Å². The lowest BCUT2D eigenvalue weighted by Gasteiger charge is -2.10. The Hall–Kier alpha value is -3.15. The third-order valence-electron chi connectivity index (χ3n) is 4.24. The normalized spacial score (nSPS) is 10.8. The molecule has 0 unspecified atom stereocenters. The van der Waals surface area contributed by atoms with E-state index in [1.807, 2.05) is 48.5 Å². The number of nitrogens with zero attached hydrogens (tertiary/aromatic N) is 3. The lowest BCUT2D eigenvalue weighted by atomic mass is 10.0. The maximum Gasteiger partial charge on any atom is 0.258 e. The maximum absolute atomic E-state index is 12.0. The standard InChI is InChI=1S/C21H24N4O2/c1-16(2)19-7-9-20(10-8-19)27-13-21(26)23-11-17-3-5-18(6-4-17)12-25-15-22-14-24-25/h3-10,14-16H,11-13H2,1-2H3,(H,23,26). The zero-order chi connectivity index (χ0) is 19.1. The van der Waals surface area contributed by atoms with Gasteiger partial charge in [0.05, 0.1) is 6.54 Å². The van der Waals surface area contributed by atoms with Gasteiger partial charge >= 0.3 is 0 Å². The molecule has 0 fully saturated rings. The van der Waals surface area contributed by atoms with Crippen LogP contribution in [0.1, 0.15) is 36.5 Å². The first kappa shape index (κ1) is 18.6. The molecule has 3 rings (SSSR count). The summed E-state index contributed by atoms with van der Waals surface area (Å²) in [4.78, 5) is 15.9. The van der Waals surface area contributed by atoms with Crippen LogP contribution in [0.25, 0.3) is 0 Å². The fourth-order valence-electron chi connectivity index (χ4n) is 2.61. The second-order valence-corrected chi connectivity index (χ2v) is 6.70. The van der Waals surface area contributed by atoms with E-state index in [1.165, 1.54) is 11.9 Å². The van der Waals surface area contributed by atoms with Crippen molar-refractivity contribution in [1.29, 1.82) is 0 Å². The third-order valence-corrected chi connectivity index (χ3v) is 4.24. The van der Waals surface area contributed by atoms with Gasteiger partial charge in [0.2, 0.25) is 0 Å². The predicted molar refractivity (Wildman–Crippen MR) is 103 cm³/mol. The molecule has 140 valence electrons. The summed E-state index contributed by atoms with van der Waals surface area (Å²) < 4.78 is 7.31. The Bertz CT molecular complexity index is 841. The van der Waals surface area contributed by atoms with Crippen molar-refractivity contribution in [2.24, 2.45) is 0 Å². The molecule has 0 aliphatic carbocycles. The van der Waals surface area contributed by atoms with Gasteiger partial charge in [0.25, 0.3) is 5.91 Å². The minimum Gasteiger partial charge on any atom is -0.484 e. The van der Waals surface area contributed by atoms with Gasteiger partial charge in [0, 0.05) is 6.54 Å². The van der Waals surface area contributed by atoms with Gasteiger partial charge in [-0.05, 0) is 34.7 Å². The van der Waals surface area contributed by atoms with Crippen LogP contribution in [0.5, 0.6) is 5.75 Å². The first-order valence-electron chi connectivity index (χ1n) is 9.00. The highest BCUT2D eigenvalue weighted by Gasteiger charge is 2.05. The van der Waals surface area contributed by atoms with Crippen LogP contribution in [-0.4, -0.2) is 27.3 Å². The molecule has 0 spiro atoms. The molecule has 6 heteroatoms. The van der Waals surface area contributed by atoms with Gasteiger partial charge in [-0.15, -0.1) is 0 Å². The van der Waals surface area contributed by atoms with Gasteiger partial charge < -0.3 is 10.1 Å². The van der Waals surface area contributed by atoms with Gasteiger partial charge in [-0.25, -0.2) is 9.67 Å². The van der Waals surface area contributed by atoms with Crippen LogP contribution >= 0.6 is 0 Å². The van der Waals surface area contributed by atoms with E-state index in [1.54, 1.807) is 11.0 Å². The maximum atomic E-state index is 12.0. The molecule has 0 atom stereocenters. The Morgan fingerprint density at radius 1 is 1.07 bits per heavy atom. The highest BCUT2D eigenvalue weighted by atomic mass is 16.5. The summed E-state index contributed by atoms with van der Waals surface area (Å²) in [6.45, 7) is 5.44. The molecule has 1 heterocycles. The van der Waals surface area contributed by atoms with E-state index in [4.69, 9.17) is 4.74 Å². The predicted octanol–water partition coefficient (Wildman–Crippen LogP) is 3.15. The molecule has 3 aromatic rings. The van der Waals surface area contributed by atoms with E-state index in [0.29, 0.717) is 24.8 Å². The quantitative estimate of drug-likeness (QED) is 0.667. The van der Waals surface area contributed by atoms with Crippen LogP contribution in [0.2, 0.25) is 0 Å². The Balaban J connectivity index is 1.42. The molecule has 1 N–H and O–H groups in total. The van der Waals surface area contributed by atoms with E-state index in [0.717, 1.165) is 11.1 Å². The second kappa shape index (κ2) is 8.98. The summed E-state index contributed by atoms with van der Waals surface area (Å²) in [7, 11) is 0. The van der Waals surface area contributed by atoms with Crippen LogP contribution in [-0.2, 0) is 17.9 Å². The van der Waals surface area contributed by atoms with Crippen LogP contribution in [0.3, 0.4) is 0 Å². The highest BCUT2D eigenvalue weighted by Crippen LogP contribution is 2.18. The van der Waals surface area contributed by atoms with Crippen molar-refractivity contribution in [3.8, 4) is 5.75 Å². The lowest BCUT2D eigenvalue weighted by Crippen LogP contribution is -2.28. The number of rotatable bonds is 8. The van der Waals surface area contributed by atoms with E-state index in [9.17, 15) is 4.79 Å². The largest absolute Gasteiger partial charge is 0.484 e. The van der Waals surface area contributed by atoms with Crippen molar-refractivity contribution < 1.29 is 9.53 Å². The van der Waals surface area contributed by atoms with Crippen LogP contribution < -0.4 is 10.1 Å². The third kappa shape index (κ3) is 5.67. The molecule has 1 amide bonds.